The number of methoxy groups -OCH3 is 1. The van der Waals surface area contributed by atoms with Crippen molar-refractivity contribution < 1.29 is 17.5 Å². The van der Waals surface area contributed by atoms with Gasteiger partial charge in [0.15, 0.2) is 11.6 Å². The minimum Gasteiger partial charge on any atom is -0.494 e. The second kappa shape index (κ2) is 5.44. The number of benzene rings is 1. The molecule has 0 spiro atoms. The van der Waals surface area contributed by atoms with Gasteiger partial charge in [-0.3, -0.25) is 0 Å². The number of piperazine rings is 1. The molecule has 0 amide bonds. The summed E-state index contributed by atoms with van der Waals surface area (Å²) in [5, 5.41) is 3.16. The number of sulfonamides is 1. The lowest BCUT2D eigenvalue weighted by atomic mass is 10.3. The molecule has 19 heavy (non-hydrogen) atoms. The van der Waals surface area contributed by atoms with Crippen molar-refractivity contribution in [2.24, 2.45) is 0 Å². The van der Waals surface area contributed by atoms with Gasteiger partial charge in [0.2, 0.25) is 10.0 Å². The van der Waals surface area contributed by atoms with Crippen LogP contribution < -0.4 is 10.1 Å². The van der Waals surface area contributed by atoms with Gasteiger partial charge in [0, 0.05) is 25.7 Å². The van der Waals surface area contributed by atoms with Gasteiger partial charge in [-0.1, -0.05) is 0 Å². The number of nitrogens with zero attached hydrogens (tertiary/aromatic N) is 1. The van der Waals surface area contributed by atoms with Crippen molar-refractivity contribution in [3.8, 4) is 5.75 Å². The average Bonchev–Trinajstić information content (AvgIpc) is 2.38. The summed E-state index contributed by atoms with van der Waals surface area (Å²) in [7, 11) is -2.31. The molecule has 1 saturated heterocycles. The second-order valence-corrected chi connectivity index (χ2v) is 6.45. The van der Waals surface area contributed by atoms with Crippen LogP contribution in [0.5, 0.6) is 5.75 Å². The van der Waals surface area contributed by atoms with E-state index in [1.807, 2.05) is 6.92 Å². The highest BCUT2D eigenvalue weighted by molar-refractivity contribution is 7.89. The molecule has 106 valence electrons. The third-order valence-electron chi connectivity index (χ3n) is 3.09. The monoisotopic (exact) mass is 288 g/mol. The Morgan fingerprint density at radius 2 is 2.21 bits per heavy atom. The number of halogens is 1. The first-order chi connectivity index (χ1) is 8.95. The molecule has 0 aromatic heterocycles. The fourth-order valence-electron chi connectivity index (χ4n) is 2.07. The summed E-state index contributed by atoms with van der Waals surface area (Å²) < 4.78 is 44.5. The quantitative estimate of drug-likeness (QED) is 0.894. The van der Waals surface area contributed by atoms with Crippen LogP contribution in [0.3, 0.4) is 0 Å². The van der Waals surface area contributed by atoms with E-state index in [-0.39, 0.29) is 16.7 Å². The number of rotatable bonds is 3. The molecule has 1 N–H and O–H groups in total. The van der Waals surface area contributed by atoms with E-state index in [9.17, 15) is 12.8 Å². The van der Waals surface area contributed by atoms with Gasteiger partial charge in [0.25, 0.3) is 0 Å². The van der Waals surface area contributed by atoms with Crippen LogP contribution in [0.1, 0.15) is 6.92 Å². The van der Waals surface area contributed by atoms with Crippen LogP contribution in [0.25, 0.3) is 0 Å². The zero-order valence-corrected chi connectivity index (χ0v) is 11.7. The number of hydrogen-bond donors (Lipinski definition) is 1. The zero-order valence-electron chi connectivity index (χ0n) is 10.9. The lowest BCUT2D eigenvalue weighted by Gasteiger charge is -2.31. The molecule has 0 aliphatic carbocycles. The normalized spacial score (nSPS) is 21.3. The van der Waals surface area contributed by atoms with Crippen LogP contribution in [0.15, 0.2) is 23.1 Å². The molecule has 2 rings (SSSR count). The van der Waals surface area contributed by atoms with E-state index in [0.29, 0.717) is 19.6 Å². The van der Waals surface area contributed by atoms with E-state index in [0.717, 1.165) is 6.07 Å². The largest absolute Gasteiger partial charge is 0.494 e. The summed E-state index contributed by atoms with van der Waals surface area (Å²) in [6.45, 7) is 3.28. The minimum absolute atomic E-state index is 0.0348. The third-order valence-corrected chi connectivity index (χ3v) is 4.95. The molecule has 1 atom stereocenters. The number of ether oxygens (including phenoxy) is 1. The van der Waals surface area contributed by atoms with Gasteiger partial charge in [0.05, 0.1) is 12.0 Å². The Kier molecular flexibility index (Phi) is 4.07. The molecule has 7 heteroatoms. The maximum absolute atomic E-state index is 13.6. The van der Waals surface area contributed by atoms with Crippen molar-refractivity contribution in [3.63, 3.8) is 0 Å². The van der Waals surface area contributed by atoms with Crippen molar-refractivity contribution in [2.75, 3.05) is 26.7 Å². The highest BCUT2D eigenvalue weighted by Gasteiger charge is 2.29. The fraction of sp³-hybridized carbons (Fsp3) is 0.500. The van der Waals surface area contributed by atoms with Gasteiger partial charge in [-0.15, -0.1) is 0 Å². The average molecular weight is 288 g/mol. The Morgan fingerprint density at radius 1 is 1.47 bits per heavy atom. The first kappa shape index (κ1) is 14.2. The predicted octanol–water partition coefficient (Wildman–Crippen LogP) is 0.817. The Morgan fingerprint density at radius 3 is 2.79 bits per heavy atom. The molecule has 1 aliphatic rings. The first-order valence-corrected chi connectivity index (χ1v) is 7.46. The Bertz CT molecular complexity index is 562. The van der Waals surface area contributed by atoms with Crippen molar-refractivity contribution in [1.82, 2.24) is 9.62 Å². The summed E-state index contributed by atoms with van der Waals surface area (Å²) in [4.78, 5) is -0.0418. The van der Waals surface area contributed by atoms with Crippen molar-refractivity contribution >= 4 is 10.0 Å². The van der Waals surface area contributed by atoms with Crippen LogP contribution in [0, 0.1) is 5.82 Å². The molecule has 1 aromatic carbocycles. The smallest absolute Gasteiger partial charge is 0.243 e. The standard InChI is InChI=1S/C12H17FN2O3S/c1-9-8-15(6-5-14-9)19(16,17)10-3-4-12(18-2)11(13)7-10/h3-4,7,9,14H,5-6,8H2,1-2H3/t9-/m0/s1. The number of hydrogen-bond acceptors (Lipinski definition) is 4. The molecular weight excluding hydrogens is 271 g/mol. The molecule has 0 radical (unpaired) electrons. The van der Waals surface area contributed by atoms with Crippen LogP contribution in [-0.4, -0.2) is 45.5 Å². The van der Waals surface area contributed by atoms with Gasteiger partial charge in [-0.25, -0.2) is 12.8 Å². The van der Waals surface area contributed by atoms with Crippen molar-refractivity contribution in [3.05, 3.63) is 24.0 Å². The summed E-state index contributed by atoms with van der Waals surface area (Å²) in [5.41, 5.74) is 0. The summed E-state index contributed by atoms with van der Waals surface area (Å²) >= 11 is 0. The lowest BCUT2D eigenvalue weighted by Crippen LogP contribution is -2.51. The Hall–Kier alpha value is -1.18. The van der Waals surface area contributed by atoms with E-state index < -0.39 is 15.8 Å². The molecule has 1 aromatic rings. The van der Waals surface area contributed by atoms with Gasteiger partial charge in [-0.2, -0.15) is 4.31 Å². The molecule has 0 saturated carbocycles. The van der Waals surface area contributed by atoms with E-state index in [4.69, 9.17) is 4.74 Å². The fourth-order valence-corrected chi connectivity index (χ4v) is 3.61. The highest BCUT2D eigenvalue weighted by Crippen LogP contribution is 2.23. The van der Waals surface area contributed by atoms with Crippen LogP contribution in [0.4, 0.5) is 4.39 Å². The summed E-state index contributed by atoms with van der Waals surface area (Å²) in [6.07, 6.45) is 0. The SMILES string of the molecule is COc1ccc(S(=O)(=O)N2CCN[C@@H](C)C2)cc1F. The summed E-state index contributed by atoms with van der Waals surface area (Å²) in [5.74, 6) is -0.639. The Labute approximate surface area is 112 Å². The van der Waals surface area contributed by atoms with E-state index in [2.05, 4.69) is 5.32 Å². The molecule has 0 unspecified atom stereocenters. The molecule has 5 nitrogen and oxygen atoms in total. The lowest BCUT2D eigenvalue weighted by molar-refractivity contribution is 0.310. The summed E-state index contributed by atoms with van der Waals surface area (Å²) in [6, 6.07) is 3.78. The van der Waals surface area contributed by atoms with Gasteiger partial charge in [-0.05, 0) is 25.1 Å². The molecular formula is C12H17FN2O3S. The zero-order chi connectivity index (χ0) is 14.0. The van der Waals surface area contributed by atoms with Crippen molar-refractivity contribution in [1.29, 1.82) is 0 Å². The van der Waals surface area contributed by atoms with Crippen LogP contribution in [0.2, 0.25) is 0 Å². The van der Waals surface area contributed by atoms with E-state index in [1.165, 1.54) is 23.5 Å². The van der Waals surface area contributed by atoms with Gasteiger partial charge >= 0.3 is 0 Å². The molecule has 0 bridgehead atoms. The number of nitrogens with one attached hydrogen (secondary N) is 1. The topological polar surface area (TPSA) is 58.6 Å². The predicted molar refractivity (Wildman–Crippen MR) is 69.2 cm³/mol. The second-order valence-electron chi connectivity index (χ2n) is 4.51. The van der Waals surface area contributed by atoms with Crippen LogP contribution >= 0.6 is 0 Å². The van der Waals surface area contributed by atoms with Crippen LogP contribution in [-0.2, 0) is 10.0 Å². The maximum atomic E-state index is 13.6. The minimum atomic E-state index is -3.64. The van der Waals surface area contributed by atoms with Crippen molar-refractivity contribution in [2.45, 2.75) is 17.9 Å². The highest BCUT2D eigenvalue weighted by atomic mass is 32.2. The molecule has 1 fully saturated rings. The third kappa shape index (κ3) is 2.88. The molecule has 1 heterocycles. The van der Waals surface area contributed by atoms with Gasteiger partial charge in [0.1, 0.15) is 0 Å². The Balaban J connectivity index is 2.31. The van der Waals surface area contributed by atoms with E-state index in [1.54, 1.807) is 0 Å². The van der Waals surface area contributed by atoms with E-state index >= 15 is 0 Å². The maximum Gasteiger partial charge on any atom is 0.243 e. The first-order valence-electron chi connectivity index (χ1n) is 6.02. The van der Waals surface area contributed by atoms with Gasteiger partial charge < -0.3 is 10.1 Å². The molecule has 1 aliphatic heterocycles.